The van der Waals surface area contributed by atoms with Crippen molar-refractivity contribution < 1.29 is 9.90 Å². The molecule has 0 saturated heterocycles. The van der Waals surface area contributed by atoms with Gasteiger partial charge in [0, 0.05) is 36.6 Å². The number of amides is 1. The Bertz CT molecular complexity index is 659. The van der Waals surface area contributed by atoms with Crippen molar-refractivity contribution >= 4 is 17.3 Å². The Morgan fingerprint density at radius 2 is 2.00 bits per heavy atom. The fourth-order valence-corrected chi connectivity index (χ4v) is 2.62. The number of H-pyrrole nitrogens is 1. The van der Waals surface area contributed by atoms with E-state index in [2.05, 4.69) is 15.5 Å². The maximum atomic E-state index is 12.4. The number of nitrogens with zero attached hydrogens (tertiary/aromatic N) is 2. The van der Waals surface area contributed by atoms with Crippen LogP contribution in [0, 0.1) is 19.8 Å². The van der Waals surface area contributed by atoms with Crippen molar-refractivity contribution in [2.75, 3.05) is 30.4 Å². The Morgan fingerprint density at radius 3 is 2.54 bits per heavy atom. The number of rotatable bonds is 7. The molecule has 0 bridgehead atoms. The van der Waals surface area contributed by atoms with Crippen LogP contribution < -0.4 is 10.2 Å². The Hall–Kier alpha value is -2.34. The Balaban J connectivity index is 1.96. The summed E-state index contributed by atoms with van der Waals surface area (Å²) < 4.78 is 0. The normalized spacial score (nSPS) is 12.0. The molecule has 0 spiro atoms. The summed E-state index contributed by atoms with van der Waals surface area (Å²) in [7, 11) is 1.92. The molecule has 0 radical (unpaired) electrons. The number of hydrogen-bond acceptors (Lipinski definition) is 4. The summed E-state index contributed by atoms with van der Waals surface area (Å²) in [5.74, 6) is -0.150. The molecule has 1 aromatic heterocycles. The molecule has 6 nitrogen and oxygen atoms in total. The van der Waals surface area contributed by atoms with Gasteiger partial charge in [0.25, 0.3) is 0 Å². The molecule has 1 heterocycles. The first-order valence-corrected chi connectivity index (χ1v) is 8.15. The number of aromatic nitrogens is 2. The number of aromatic amines is 1. The third kappa shape index (κ3) is 4.35. The van der Waals surface area contributed by atoms with Gasteiger partial charge in [-0.15, -0.1) is 0 Å². The molecule has 1 aromatic carbocycles. The Labute approximate surface area is 142 Å². The van der Waals surface area contributed by atoms with Gasteiger partial charge in [-0.05, 0) is 50.1 Å². The van der Waals surface area contributed by atoms with Crippen molar-refractivity contribution in [1.82, 2.24) is 10.2 Å². The highest BCUT2D eigenvalue weighted by Crippen LogP contribution is 2.19. The molecule has 6 heteroatoms. The molecule has 130 valence electrons. The van der Waals surface area contributed by atoms with Gasteiger partial charge in [0.05, 0.1) is 12.3 Å². The number of hydrogen-bond donors (Lipinski definition) is 3. The minimum Gasteiger partial charge on any atom is -0.395 e. The summed E-state index contributed by atoms with van der Waals surface area (Å²) in [5.41, 5.74) is 4.85. The predicted octanol–water partition coefficient (Wildman–Crippen LogP) is 2.27. The highest BCUT2D eigenvalue weighted by Gasteiger charge is 2.17. The maximum absolute atomic E-state index is 12.4. The van der Waals surface area contributed by atoms with Crippen LogP contribution in [-0.2, 0) is 11.2 Å². The molecule has 2 rings (SSSR count). The molecular formula is C18H26N4O2. The highest BCUT2D eigenvalue weighted by atomic mass is 16.3. The predicted molar refractivity (Wildman–Crippen MR) is 96.4 cm³/mol. The van der Waals surface area contributed by atoms with E-state index in [1.54, 1.807) is 0 Å². The van der Waals surface area contributed by atoms with E-state index in [0.29, 0.717) is 13.0 Å². The number of aliphatic hydroxyl groups excluding tert-OH is 1. The van der Waals surface area contributed by atoms with Crippen LogP contribution >= 0.6 is 0 Å². The first-order chi connectivity index (χ1) is 11.4. The van der Waals surface area contributed by atoms with E-state index >= 15 is 0 Å². The van der Waals surface area contributed by atoms with Crippen LogP contribution in [0.5, 0.6) is 0 Å². The largest absolute Gasteiger partial charge is 0.395 e. The molecule has 24 heavy (non-hydrogen) atoms. The van der Waals surface area contributed by atoms with E-state index in [0.717, 1.165) is 28.3 Å². The zero-order valence-corrected chi connectivity index (χ0v) is 14.8. The molecule has 0 saturated carbocycles. The molecule has 1 atom stereocenters. The van der Waals surface area contributed by atoms with Crippen LogP contribution in [0.25, 0.3) is 0 Å². The third-order valence-corrected chi connectivity index (χ3v) is 4.25. The van der Waals surface area contributed by atoms with Crippen molar-refractivity contribution in [3.8, 4) is 0 Å². The Morgan fingerprint density at radius 1 is 1.33 bits per heavy atom. The number of likely N-dealkylation sites (N-methyl/N-ethyl adjacent to an activating group) is 1. The molecular weight excluding hydrogens is 304 g/mol. The summed E-state index contributed by atoms with van der Waals surface area (Å²) in [6, 6.07) is 7.62. The second kappa shape index (κ2) is 7.97. The van der Waals surface area contributed by atoms with Gasteiger partial charge < -0.3 is 15.3 Å². The second-order valence-electron chi connectivity index (χ2n) is 6.20. The maximum Gasteiger partial charge on any atom is 0.227 e. The van der Waals surface area contributed by atoms with E-state index in [9.17, 15) is 4.79 Å². The molecule has 2 aromatic rings. The minimum absolute atomic E-state index is 0.00790. The number of carbonyl (C=O) groups excluding carboxylic acids is 1. The number of benzene rings is 1. The minimum atomic E-state index is -0.142. The standard InChI is InChI=1S/C18H26N4O2/c1-12(11-17-13(2)20-21-14(17)3)18(24)19-15-5-7-16(8-6-15)22(4)9-10-23/h5-8,12,23H,9-11H2,1-4H3,(H,19,24)(H,20,21). The van der Waals surface area contributed by atoms with Gasteiger partial charge in [0.15, 0.2) is 0 Å². The lowest BCUT2D eigenvalue weighted by Gasteiger charge is -2.18. The van der Waals surface area contributed by atoms with Gasteiger partial charge in [-0.3, -0.25) is 9.89 Å². The van der Waals surface area contributed by atoms with Crippen molar-refractivity contribution in [3.63, 3.8) is 0 Å². The summed E-state index contributed by atoms with van der Waals surface area (Å²) >= 11 is 0. The first-order valence-electron chi connectivity index (χ1n) is 8.15. The van der Waals surface area contributed by atoms with E-state index < -0.39 is 0 Å². The monoisotopic (exact) mass is 330 g/mol. The number of nitrogens with one attached hydrogen (secondary N) is 2. The van der Waals surface area contributed by atoms with Gasteiger partial charge in [-0.2, -0.15) is 5.10 Å². The molecule has 0 fully saturated rings. The molecule has 1 unspecified atom stereocenters. The van der Waals surface area contributed by atoms with Gasteiger partial charge in [-0.1, -0.05) is 6.92 Å². The summed E-state index contributed by atoms with van der Waals surface area (Å²) in [4.78, 5) is 14.4. The van der Waals surface area contributed by atoms with E-state index in [-0.39, 0.29) is 18.4 Å². The lowest BCUT2D eigenvalue weighted by atomic mass is 9.99. The summed E-state index contributed by atoms with van der Waals surface area (Å²) in [5, 5.41) is 19.1. The smallest absolute Gasteiger partial charge is 0.227 e. The lowest BCUT2D eigenvalue weighted by molar-refractivity contribution is -0.119. The van der Waals surface area contributed by atoms with Crippen molar-refractivity contribution in [1.29, 1.82) is 0 Å². The number of carbonyl (C=O) groups is 1. The quantitative estimate of drug-likeness (QED) is 0.727. The molecule has 0 aliphatic heterocycles. The first kappa shape index (κ1) is 18.0. The SMILES string of the molecule is Cc1n[nH]c(C)c1CC(C)C(=O)Nc1ccc(N(C)CCO)cc1. The zero-order chi connectivity index (χ0) is 17.7. The Kier molecular flexibility index (Phi) is 5.98. The highest BCUT2D eigenvalue weighted by molar-refractivity contribution is 5.92. The van der Waals surface area contributed by atoms with Gasteiger partial charge in [0.1, 0.15) is 0 Å². The second-order valence-corrected chi connectivity index (χ2v) is 6.20. The lowest BCUT2D eigenvalue weighted by Crippen LogP contribution is -2.23. The summed E-state index contributed by atoms with van der Waals surface area (Å²) in [6.45, 7) is 6.53. The van der Waals surface area contributed by atoms with Gasteiger partial charge >= 0.3 is 0 Å². The molecule has 0 aliphatic rings. The number of anilines is 2. The number of aliphatic hydroxyl groups is 1. The average molecular weight is 330 g/mol. The van der Waals surface area contributed by atoms with Gasteiger partial charge in [0.2, 0.25) is 5.91 Å². The van der Waals surface area contributed by atoms with E-state index in [1.165, 1.54) is 0 Å². The van der Waals surface area contributed by atoms with Crippen LogP contribution in [-0.4, -0.2) is 41.4 Å². The van der Waals surface area contributed by atoms with Crippen LogP contribution in [0.1, 0.15) is 23.9 Å². The van der Waals surface area contributed by atoms with Crippen molar-refractivity contribution in [3.05, 3.63) is 41.2 Å². The fraction of sp³-hybridized carbons (Fsp3) is 0.444. The summed E-state index contributed by atoms with van der Waals surface area (Å²) in [6.07, 6.45) is 0.664. The fourth-order valence-electron chi connectivity index (χ4n) is 2.62. The van der Waals surface area contributed by atoms with Crippen LogP contribution in [0.15, 0.2) is 24.3 Å². The molecule has 0 aliphatic carbocycles. The third-order valence-electron chi connectivity index (χ3n) is 4.25. The molecule has 3 N–H and O–H groups in total. The van der Waals surface area contributed by atoms with Crippen molar-refractivity contribution in [2.24, 2.45) is 5.92 Å². The zero-order valence-electron chi connectivity index (χ0n) is 14.8. The van der Waals surface area contributed by atoms with E-state index in [4.69, 9.17) is 5.11 Å². The topological polar surface area (TPSA) is 81.2 Å². The number of aryl methyl sites for hydroxylation is 2. The van der Waals surface area contributed by atoms with Crippen molar-refractivity contribution in [2.45, 2.75) is 27.2 Å². The van der Waals surface area contributed by atoms with Crippen LogP contribution in [0.2, 0.25) is 0 Å². The van der Waals surface area contributed by atoms with Gasteiger partial charge in [-0.25, -0.2) is 0 Å². The van der Waals surface area contributed by atoms with Crippen LogP contribution in [0.4, 0.5) is 11.4 Å². The van der Waals surface area contributed by atoms with Crippen LogP contribution in [0.3, 0.4) is 0 Å². The van der Waals surface area contributed by atoms with E-state index in [1.807, 2.05) is 57.0 Å². The average Bonchev–Trinajstić information content (AvgIpc) is 2.87. The molecule has 1 amide bonds.